The molecular weight excluding hydrogens is 266 g/mol. The maximum atomic E-state index is 2.49. The van der Waals surface area contributed by atoms with Crippen molar-refractivity contribution in [2.24, 2.45) is 5.92 Å². The Kier molecular flexibility index (Phi) is 5.29. The Morgan fingerprint density at radius 2 is 1.45 bits per heavy atom. The number of rotatable bonds is 5. The predicted molar refractivity (Wildman–Crippen MR) is 94.8 cm³/mol. The highest BCUT2D eigenvalue weighted by atomic mass is 15.1. The van der Waals surface area contributed by atoms with Crippen LogP contribution < -0.4 is 0 Å². The molecule has 0 atom stereocenters. The Morgan fingerprint density at radius 1 is 0.818 bits per heavy atom. The van der Waals surface area contributed by atoms with E-state index < -0.39 is 0 Å². The van der Waals surface area contributed by atoms with Gasteiger partial charge in [-0.3, -0.25) is 0 Å². The first-order valence-electron chi connectivity index (χ1n) is 8.64. The quantitative estimate of drug-likeness (QED) is 0.716. The highest BCUT2D eigenvalue weighted by Crippen LogP contribution is 2.25. The molecule has 22 heavy (non-hydrogen) atoms. The van der Waals surface area contributed by atoms with E-state index in [-0.39, 0.29) is 0 Å². The van der Waals surface area contributed by atoms with E-state index in [4.69, 9.17) is 0 Å². The van der Waals surface area contributed by atoms with Gasteiger partial charge >= 0.3 is 0 Å². The lowest BCUT2D eigenvalue weighted by molar-refractivity contribution is 0.228. The predicted octanol–water partition coefficient (Wildman–Crippen LogP) is 5.37. The lowest BCUT2D eigenvalue weighted by Crippen LogP contribution is -2.26. The highest BCUT2D eigenvalue weighted by Gasteiger charge is 2.15. The van der Waals surface area contributed by atoms with Gasteiger partial charge in [0.1, 0.15) is 0 Å². The van der Waals surface area contributed by atoms with Crippen LogP contribution in [-0.2, 0) is 6.54 Å². The summed E-state index contributed by atoms with van der Waals surface area (Å²) in [4.78, 5) is 2.49. The summed E-state index contributed by atoms with van der Waals surface area (Å²) in [6, 6.07) is 19.7. The van der Waals surface area contributed by atoms with E-state index in [1.165, 1.54) is 55.3 Å². The molecule has 1 heteroatoms. The van der Waals surface area contributed by atoms with Crippen molar-refractivity contribution in [2.75, 3.05) is 13.6 Å². The molecule has 0 saturated heterocycles. The molecule has 1 nitrogen and oxygen atoms in total. The Hall–Kier alpha value is -1.60. The molecule has 2 aromatic carbocycles. The first kappa shape index (κ1) is 15.3. The van der Waals surface area contributed by atoms with Crippen molar-refractivity contribution in [3.05, 3.63) is 60.2 Å². The fourth-order valence-electron chi connectivity index (χ4n) is 3.62. The fourth-order valence-corrected chi connectivity index (χ4v) is 3.62. The fraction of sp³-hybridized carbons (Fsp3) is 0.429. The summed E-state index contributed by atoms with van der Waals surface area (Å²) in [7, 11) is 2.26. The van der Waals surface area contributed by atoms with Crippen LogP contribution >= 0.6 is 0 Å². The second-order valence-electron chi connectivity index (χ2n) is 6.76. The van der Waals surface area contributed by atoms with Crippen molar-refractivity contribution in [1.82, 2.24) is 4.90 Å². The van der Waals surface area contributed by atoms with Gasteiger partial charge in [-0.05, 0) is 42.5 Å². The van der Waals surface area contributed by atoms with Crippen molar-refractivity contribution < 1.29 is 0 Å². The summed E-state index contributed by atoms with van der Waals surface area (Å²) in [5.41, 5.74) is 4.02. The molecule has 1 aliphatic rings. The van der Waals surface area contributed by atoms with E-state index in [9.17, 15) is 0 Å². The summed E-state index contributed by atoms with van der Waals surface area (Å²) in [5.74, 6) is 0.919. The third-order valence-electron chi connectivity index (χ3n) is 4.81. The van der Waals surface area contributed by atoms with Gasteiger partial charge in [0.15, 0.2) is 0 Å². The van der Waals surface area contributed by atoms with Gasteiger partial charge in [-0.15, -0.1) is 0 Å². The zero-order chi connectivity index (χ0) is 15.2. The minimum absolute atomic E-state index is 0.919. The Labute approximate surface area is 135 Å². The van der Waals surface area contributed by atoms with E-state index in [0.29, 0.717) is 0 Å². The van der Waals surface area contributed by atoms with Crippen LogP contribution in [-0.4, -0.2) is 18.5 Å². The smallest absolute Gasteiger partial charge is 0.0230 e. The number of hydrogen-bond acceptors (Lipinski definition) is 1. The molecule has 116 valence electrons. The standard InChI is InChI=1S/C21H27N/c1-22(16-18-8-4-2-5-9-18)17-19-12-14-21(15-13-19)20-10-6-3-7-11-20/h3,6-7,10-15,18H,2,4-5,8-9,16-17H2,1H3. The minimum Gasteiger partial charge on any atom is -0.302 e. The van der Waals surface area contributed by atoms with Crippen LogP contribution in [0.4, 0.5) is 0 Å². The molecule has 0 N–H and O–H groups in total. The van der Waals surface area contributed by atoms with Crippen LogP contribution in [0.2, 0.25) is 0 Å². The number of nitrogens with zero attached hydrogens (tertiary/aromatic N) is 1. The molecule has 3 rings (SSSR count). The first-order chi connectivity index (χ1) is 10.8. The van der Waals surface area contributed by atoms with E-state index in [0.717, 1.165) is 12.5 Å². The molecule has 0 bridgehead atoms. The molecule has 1 aliphatic carbocycles. The SMILES string of the molecule is CN(Cc1ccc(-c2ccccc2)cc1)CC1CCCCC1. The average molecular weight is 293 g/mol. The van der Waals surface area contributed by atoms with E-state index in [2.05, 4.69) is 66.5 Å². The van der Waals surface area contributed by atoms with Crippen LogP contribution in [0, 0.1) is 5.92 Å². The number of hydrogen-bond donors (Lipinski definition) is 0. The minimum atomic E-state index is 0.919. The number of benzene rings is 2. The zero-order valence-corrected chi connectivity index (χ0v) is 13.7. The van der Waals surface area contributed by atoms with Gasteiger partial charge in [0.05, 0.1) is 0 Å². The monoisotopic (exact) mass is 293 g/mol. The van der Waals surface area contributed by atoms with Crippen molar-refractivity contribution in [1.29, 1.82) is 0 Å². The lowest BCUT2D eigenvalue weighted by atomic mass is 9.89. The molecule has 0 aromatic heterocycles. The maximum absolute atomic E-state index is 2.49. The van der Waals surface area contributed by atoms with Crippen LogP contribution in [0.25, 0.3) is 11.1 Å². The van der Waals surface area contributed by atoms with Gasteiger partial charge in [0, 0.05) is 13.1 Å². The topological polar surface area (TPSA) is 3.24 Å². The van der Waals surface area contributed by atoms with Crippen molar-refractivity contribution in [3.8, 4) is 11.1 Å². The van der Waals surface area contributed by atoms with Gasteiger partial charge in [0.25, 0.3) is 0 Å². The Bertz CT molecular complexity index is 552. The van der Waals surface area contributed by atoms with Crippen molar-refractivity contribution in [2.45, 2.75) is 38.6 Å². The average Bonchev–Trinajstić information content (AvgIpc) is 2.57. The van der Waals surface area contributed by atoms with Gasteiger partial charge < -0.3 is 4.90 Å². The van der Waals surface area contributed by atoms with Gasteiger partial charge in [-0.25, -0.2) is 0 Å². The van der Waals surface area contributed by atoms with E-state index >= 15 is 0 Å². The maximum Gasteiger partial charge on any atom is 0.0230 e. The molecular formula is C21H27N. The van der Waals surface area contributed by atoms with Gasteiger partial charge in [-0.2, -0.15) is 0 Å². The molecule has 0 amide bonds. The van der Waals surface area contributed by atoms with Crippen LogP contribution in [0.5, 0.6) is 0 Å². The normalized spacial score (nSPS) is 16.1. The second kappa shape index (κ2) is 7.60. The Balaban J connectivity index is 1.56. The lowest BCUT2D eigenvalue weighted by Gasteiger charge is -2.27. The Morgan fingerprint density at radius 3 is 2.14 bits per heavy atom. The van der Waals surface area contributed by atoms with E-state index in [1.54, 1.807) is 0 Å². The van der Waals surface area contributed by atoms with Crippen molar-refractivity contribution in [3.63, 3.8) is 0 Å². The van der Waals surface area contributed by atoms with Gasteiger partial charge in [0.2, 0.25) is 0 Å². The molecule has 0 spiro atoms. The third-order valence-corrected chi connectivity index (χ3v) is 4.81. The summed E-state index contributed by atoms with van der Waals surface area (Å²) < 4.78 is 0. The van der Waals surface area contributed by atoms with Crippen LogP contribution in [0.1, 0.15) is 37.7 Å². The second-order valence-corrected chi connectivity index (χ2v) is 6.76. The first-order valence-corrected chi connectivity index (χ1v) is 8.64. The highest BCUT2D eigenvalue weighted by molar-refractivity contribution is 5.63. The summed E-state index contributed by atoms with van der Waals surface area (Å²) in [6.07, 6.45) is 7.17. The van der Waals surface area contributed by atoms with E-state index in [1.807, 2.05) is 0 Å². The van der Waals surface area contributed by atoms with Crippen LogP contribution in [0.15, 0.2) is 54.6 Å². The molecule has 1 fully saturated rings. The molecule has 0 radical (unpaired) electrons. The molecule has 0 unspecified atom stereocenters. The molecule has 0 aliphatic heterocycles. The largest absolute Gasteiger partial charge is 0.302 e. The molecule has 2 aromatic rings. The van der Waals surface area contributed by atoms with Crippen molar-refractivity contribution >= 4 is 0 Å². The zero-order valence-electron chi connectivity index (χ0n) is 13.7. The van der Waals surface area contributed by atoms with Gasteiger partial charge in [-0.1, -0.05) is 73.9 Å². The summed E-state index contributed by atoms with van der Waals surface area (Å²) in [6.45, 7) is 2.31. The third kappa shape index (κ3) is 4.20. The summed E-state index contributed by atoms with van der Waals surface area (Å²) in [5, 5.41) is 0. The molecule has 0 heterocycles. The molecule has 1 saturated carbocycles. The van der Waals surface area contributed by atoms with Crippen LogP contribution in [0.3, 0.4) is 0 Å². The summed E-state index contributed by atoms with van der Waals surface area (Å²) >= 11 is 0.